The summed E-state index contributed by atoms with van der Waals surface area (Å²) in [5.41, 5.74) is -0.0740. The smallest absolute Gasteiger partial charge is 0.0610 e. The summed E-state index contributed by atoms with van der Waals surface area (Å²) < 4.78 is 0. The number of aliphatic hydroxyl groups is 1. The molecule has 0 amide bonds. The van der Waals surface area contributed by atoms with Crippen LogP contribution in [0.2, 0.25) is 0 Å². The van der Waals surface area contributed by atoms with E-state index in [0.29, 0.717) is 6.04 Å². The van der Waals surface area contributed by atoms with Crippen molar-refractivity contribution >= 4 is 0 Å². The number of rotatable bonds is 4. The lowest BCUT2D eigenvalue weighted by atomic mass is 9.80. The Balaban J connectivity index is 2.67. The van der Waals surface area contributed by atoms with Gasteiger partial charge in [0, 0.05) is 11.6 Å². The summed E-state index contributed by atoms with van der Waals surface area (Å²) in [6.45, 7) is 6.81. The highest BCUT2D eigenvalue weighted by Gasteiger charge is 2.34. The fraction of sp³-hybridized carbons (Fsp3) is 1.00. The minimum atomic E-state index is -0.0740. The molecule has 2 nitrogen and oxygen atoms in total. The van der Waals surface area contributed by atoms with Crippen LogP contribution >= 0.6 is 0 Å². The third-order valence-electron chi connectivity index (χ3n) is 4.23. The normalized spacial score (nSPS) is 28.4. The minimum absolute atomic E-state index is 0.0740. The van der Waals surface area contributed by atoms with Crippen LogP contribution in [0.1, 0.15) is 52.9 Å². The van der Waals surface area contributed by atoms with Gasteiger partial charge in [0.15, 0.2) is 0 Å². The highest BCUT2D eigenvalue weighted by atomic mass is 16.3. The Labute approximate surface area is 94.7 Å². The quantitative estimate of drug-likeness (QED) is 0.776. The van der Waals surface area contributed by atoms with Crippen LogP contribution < -0.4 is 0 Å². The summed E-state index contributed by atoms with van der Waals surface area (Å²) >= 11 is 0. The number of hydrogen-bond acceptors (Lipinski definition) is 2. The molecular weight excluding hydrogens is 186 g/mol. The first-order valence-electron chi connectivity index (χ1n) is 6.36. The fourth-order valence-electron chi connectivity index (χ4n) is 2.73. The van der Waals surface area contributed by atoms with E-state index in [1.54, 1.807) is 0 Å². The highest BCUT2D eigenvalue weighted by Crippen LogP contribution is 2.33. The molecule has 1 fully saturated rings. The Hall–Kier alpha value is -0.0800. The molecule has 2 atom stereocenters. The average molecular weight is 213 g/mol. The molecule has 0 aliphatic heterocycles. The molecule has 15 heavy (non-hydrogen) atoms. The maximum atomic E-state index is 9.41. The van der Waals surface area contributed by atoms with Gasteiger partial charge in [0.25, 0.3) is 0 Å². The average Bonchev–Trinajstić information content (AvgIpc) is 2.28. The van der Waals surface area contributed by atoms with Crippen LogP contribution in [-0.4, -0.2) is 35.2 Å². The van der Waals surface area contributed by atoms with Crippen LogP contribution in [-0.2, 0) is 0 Å². The van der Waals surface area contributed by atoms with Gasteiger partial charge in [-0.25, -0.2) is 0 Å². The van der Waals surface area contributed by atoms with E-state index in [4.69, 9.17) is 0 Å². The molecule has 1 N–H and O–H groups in total. The molecule has 0 spiro atoms. The van der Waals surface area contributed by atoms with E-state index < -0.39 is 0 Å². The maximum Gasteiger partial charge on any atom is 0.0610 e. The second kappa shape index (κ2) is 5.31. The Morgan fingerprint density at radius 2 is 1.87 bits per heavy atom. The number of aliphatic hydroxyl groups excluding tert-OH is 1. The van der Waals surface area contributed by atoms with Crippen LogP contribution in [0.15, 0.2) is 0 Å². The molecule has 0 aromatic rings. The van der Waals surface area contributed by atoms with Crippen molar-refractivity contribution in [3.05, 3.63) is 0 Å². The van der Waals surface area contributed by atoms with Gasteiger partial charge in [-0.1, -0.05) is 26.2 Å². The van der Waals surface area contributed by atoms with Crippen molar-refractivity contribution in [2.45, 2.75) is 64.5 Å². The molecule has 0 radical (unpaired) electrons. The zero-order chi connectivity index (χ0) is 11.5. The molecule has 2 heteroatoms. The molecule has 0 heterocycles. The largest absolute Gasteiger partial charge is 0.394 e. The second-order valence-corrected chi connectivity index (χ2v) is 5.60. The van der Waals surface area contributed by atoms with Gasteiger partial charge in [0.1, 0.15) is 0 Å². The Kier molecular flexibility index (Phi) is 4.60. The van der Waals surface area contributed by atoms with Gasteiger partial charge in [-0.3, -0.25) is 4.90 Å². The molecule has 0 aromatic carbocycles. The molecule has 2 unspecified atom stereocenters. The van der Waals surface area contributed by atoms with Crippen molar-refractivity contribution in [3.8, 4) is 0 Å². The van der Waals surface area contributed by atoms with Crippen molar-refractivity contribution in [3.63, 3.8) is 0 Å². The predicted molar refractivity (Wildman–Crippen MR) is 65.0 cm³/mol. The van der Waals surface area contributed by atoms with Crippen molar-refractivity contribution < 1.29 is 5.11 Å². The zero-order valence-electron chi connectivity index (χ0n) is 10.8. The summed E-state index contributed by atoms with van der Waals surface area (Å²) in [5, 5.41) is 9.41. The molecule has 1 rings (SSSR count). The zero-order valence-corrected chi connectivity index (χ0v) is 10.8. The predicted octanol–water partition coefficient (Wildman–Crippen LogP) is 2.66. The van der Waals surface area contributed by atoms with Crippen molar-refractivity contribution in [1.82, 2.24) is 4.90 Å². The van der Waals surface area contributed by atoms with E-state index in [2.05, 4.69) is 32.7 Å². The summed E-state index contributed by atoms with van der Waals surface area (Å²) in [4.78, 5) is 2.40. The summed E-state index contributed by atoms with van der Waals surface area (Å²) in [7, 11) is 2.18. The van der Waals surface area contributed by atoms with E-state index in [1.165, 1.54) is 32.1 Å². The first-order chi connectivity index (χ1) is 7.03. The van der Waals surface area contributed by atoms with Crippen molar-refractivity contribution in [1.29, 1.82) is 0 Å². The monoisotopic (exact) mass is 213 g/mol. The standard InChI is InChI=1S/C13H27NO/c1-5-11-8-6-7-9-12(11)14(4)13(2,3)10-15/h11-12,15H,5-10H2,1-4H3. The number of likely N-dealkylation sites (N-methyl/N-ethyl adjacent to an activating group) is 1. The van der Waals surface area contributed by atoms with Crippen LogP contribution in [0.3, 0.4) is 0 Å². The summed E-state index contributed by atoms with van der Waals surface area (Å²) in [6.07, 6.45) is 6.69. The number of hydrogen-bond donors (Lipinski definition) is 1. The molecule has 0 bridgehead atoms. The molecule has 1 saturated carbocycles. The van der Waals surface area contributed by atoms with E-state index in [9.17, 15) is 5.11 Å². The first kappa shape index (κ1) is 13.0. The third kappa shape index (κ3) is 2.94. The maximum absolute atomic E-state index is 9.41. The fourth-order valence-corrected chi connectivity index (χ4v) is 2.73. The molecule has 1 aliphatic rings. The van der Waals surface area contributed by atoms with Crippen LogP contribution in [0.25, 0.3) is 0 Å². The van der Waals surface area contributed by atoms with E-state index in [1.807, 2.05) is 0 Å². The highest BCUT2D eigenvalue weighted by molar-refractivity contribution is 4.89. The van der Waals surface area contributed by atoms with Gasteiger partial charge < -0.3 is 5.11 Å². The van der Waals surface area contributed by atoms with E-state index in [0.717, 1.165) is 5.92 Å². The van der Waals surface area contributed by atoms with Gasteiger partial charge in [0.05, 0.1) is 6.61 Å². The second-order valence-electron chi connectivity index (χ2n) is 5.60. The number of nitrogens with zero attached hydrogens (tertiary/aromatic N) is 1. The molecular formula is C13H27NO. The van der Waals surface area contributed by atoms with Gasteiger partial charge >= 0.3 is 0 Å². The van der Waals surface area contributed by atoms with Gasteiger partial charge in [0.2, 0.25) is 0 Å². The van der Waals surface area contributed by atoms with Crippen LogP contribution in [0.5, 0.6) is 0 Å². The minimum Gasteiger partial charge on any atom is -0.394 e. The lowest BCUT2D eigenvalue weighted by molar-refractivity contribution is 0.00716. The topological polar surface area (TPSA) is 23.5 Å². The third-order valence-corrected chi connectivity index (χ3v) is 4.23. The lowest BCUT2D eigenvalue weighted by Gasteiger charge is -2.45. The van der Waals surface area contributed by atoms with Gasteiger partial charge in [-0.2, -0.15) is 0 Å². The van der Waals surface area contributed by atoms with Crippen LogP contribution in [0.4, 0.5) is 0 Å². The van der Waals surface area contributed by atoms with Crippen LogP contribution in [0, 0.1) is 5.92 Å². The molecule has 90 valence electrons. The van der Waals surface area contributed by atoms with Crippen molar-refractivity contribution in [2.24, 2.45) is 5.92 Å². The summed E-state index contributed by atoms with van der Waals surface area (Å²) in [5.74, 6) is 0.828. The van der Waals surface area contributed by atoms with E-state index >= 15 is 0 Å². The summed E-state index contributed by atoms with van der Waals surface area (Å²) in [6, 6.07) is 0.672. The molecule has 0 aromatic heterocycles. The first-order valence-corrected chi connectivity index (χ1v) is 6.36. The van der Waals surface area contributed by atoms with Crippen molar-refractivity contribution in [2.75, 3.05) is 13.7 Å². The Morgan fingerprint density at radius 3 is 2.40 bits per heavy atom. The molecule has 1 aliphatic carbocycles. The van der Waals surface area contributed by atoms with Gasteiger partial charge in [-0.05, 0) is 39.7 Å². The SMILES string of the molecule is CCC1CCCCC1N(C)C(C)(C)CO. The van der Waals surface area contributed by atoms with E-state index in [-0.39, 0.29) is 12.1 Å². The lowest BCUT2D eigenvalue weighted by Crippen LogP contribution is -2.53. The molecule has 0 saturated heterocycles. The Bertz CT molecular complexity index is 191. The Morgan fingerprint density at radius 1 is 1.27 bits per heavy atom. The van der Waals surface area contributed by atoms with Gasteiger partial charge in [-0.15, -0.1) is 0 Å².